The van der Waals surface area contributed by atoms with Gasteiger partial charge in [0.15, 0.2) is 0 Å². The van der Waals surface area contributed by atoms with Gasteiger partial charge >= 0.3 is 0 Å². The second-order valence-corrected chi connectivity index (χ2v) is 12.1. The van der Waals surface area contributed by atoms with E-state index in [1.807, 2.05) is 0 Å². The number of hydrogen-bond acceptors (Lipinski definition) is 6. The molecular weight excluding hydrogens is 510 g/mol. The SMILES string of the molecule is CCS(=O)(=O)Nc1cccc(C2=NN(S(=O)(=O)c3ccc(Cl)cc3)[C@@H](c3ccc(OC)cc3)C2)c1. The average Bonchev–Trinajstić information content (AvgIpc) is 3.31. The molecule has 0 radical (unpaired) electrons. The largest absolute Gasteiger partial charge is 0.497 e. The third-order valence-corrected chi connectivity index (χ3v) is 8.84. The quantitative estimate of drug-likeness (QED) is 0.453. The second kappa shape index (κ2) is 9.88. The van der Waals surface area contributed by atoms with E-state index in [1.54, 1.807) is 62.6 Å². The Balaban J connectivity index is 1.76. The second-order valence-electron chi connectivity index (χ2n) is 7.86. The molecule has 1 N–H and O–H groups in total. The van der Waals surface area contributed by atoms with Gasteiger partial charge in [0.25, 0.3) is 10.0 Å². The van der Waals surface area contributed by atoms with E-state index in [0.717, 1.165) is 9.98 Å². The third-order valence-electron chi connectivity index (χ3n) is 5.58. The van der Waals surface area contributed by atoms with Crippen LogP contribution in [0.4, 0.5) is 5.69 Å². The van der Waals surface area contributed by atoms with Crippen molar-refractivity contribution in [2.24, 2.45) is 5.10 Å². The molecule has 1 atom stereocenters. The molecule has 3 aromatic carbocycles. The highest BCUT2D eigenvalue weighted by molar-refractivity contribution is 7.92. The first-order valence-corrected chi connectivity index (χ1v) is 14.2. The maximum absolute atomic E-state index is 13.6. The molecule has 1 aliphatic heterocycles. The van der Waals surface area contributed by atoms with Gasteiger partial charge in [-0.3, -0.25) is 4.72 Å². The number of halogens is 1. The Morgan fingerprint density at radius 3 is 2.34 bits per heavy atom. The summed E-state index contributed by atoms with van der Waals surface area (Å²) in [6, 6.07) is 19.2. The summed E-state index contributed by atoms with van der Waals surface area (Å²) >= 11 is 5.95. The molecule has 0 fully saturated rings. The van der Waals surface area contributed by atoms with E-state index in [9.17, 15) is 16.8 Å². The number of hydrazone groups is 1. The minimum absolute atomic E-state index is 0.0647. The number of ether oxygens (including phenoxy) is 1. The van der Waals surface area contributed by atoms with Crippen molar-refractivity contribution in [1.82, 2.24) is 4.41 Å². The van der Waals surface area contributed by atoms with E-state index in [4.69, 9.17) is 16.3 Å². The van der Waals surface area contributed by atoms with Gasteiger partial charge < -0.3 is 4.74 Å². The summed E-state index contributed by atoms with van der Waals surface area (Å²) in [7, 11) is -5.92. The Labute approximate surface area is 210 Å². The van der Waals surface area contributed by atoms with Crippen LogP contribution < -0.4 is 9.46 Å². The van der Waals surface area contributed by atoms with Crippen molar-refractivity contribution in [3.05, 3.63) is 88.9 Å². The zero-order valence-corrected chi connectivity index (χ0v) is 21.4. The first-order valence-electron chi connectivity index (χ1n) is 10.8. The van der Waals surface area contributed by atoms with Crippen molar-refractivity contribution >= 4 is 43.0 Å². The predicted molar refractivity (Wildman–Crippen MR) is 137 cm³/mol. The first kappa shape index (κ1) is 25.0. The molecule has 0 amide bonds. The highest BCUT2D eigenvalue weighted by atomic mass is 35.5. The monoisotopic (exact) mass is 533 g/mol. The number of anilines is 1. The van der Waals surface area contributed by atoms with Crippen LogP contribution in [0.5, 0.6) is 5.75 Å². The topological polar surface area (TPSA) is 105 Å². The number of nitrogens with one attached hydrogen (secondary N) is 1. The molecule has 0 aromatic heterocycles. The highest BCUT2D eigenvalue weighted by Crippen LogP contribution is 2.38. The Bertz CT molecular complexity index is 1460. The normalized spacial score (nSPS) is 16.1. The maximum Gasteiger partial charge on any atom is 0.279 e. The fourth-order valence-corrected chi connectivity index (χ4v) is 5.88. The van der Waals surface area contributed by atoms with E-state index in [1.165, 1.54) is 24.3 Å². The van der Waals surface area contributed by atoms with Crippen molar-refractivity contribution in [2.45, 2.75) is 24.3 Å². The van der Waals surface area contributed by atoms with Gasteiger partial charge in [-0.25, -0.2) is 8.42 Å². The standard InChI is InChI=1S/C24H24ClN3O5S2/c1-3-34(29,30)27-20-6-4-5-18(15-20)23-16-24(17-7-11-21(33-2)12-8-17)28(26-23)35(31,32)22-13-9-19(25)10-14-22/h4-15,24,27H,3,16H2,1-2H3/t24-/m1/s1. The summed E-state index contributed by atoms with van der Waals surface area (Å²) in [6.07, 6.45) is 0.295. The lowest BCUT2D eigenvalue weighted by Gasteiger charge is -2.23. The van der Waals surface area contributed by atoms with Crippen molar-refractivity contribution in [3.8, 4) is 5.75 Å². The zero-order valence-electron chi connectivity index (χ0n) is 19.0. The lowest BCUT2D eigenvalue weighted by Crippen LogP contribution is -2.27. The van der Waals surface area contributed by atoms with Gasteiger partial charge in [0.05, 0.1) is 29.5 Å². The summed E-state index contributed by atoms with van der Waals surface area (Å²) in [5, 5.41) is 4.93. The molecule has 0 saturated carbocycles. The molecule has 4 rings (SSSR count). The van der Waals surface area contributed by atoms with Crippen LogP contribution >= 0.6 is 11.6 Å². The van der Waals surface area contributed by atoms with Crippen molar-refractivity contribution in [1.29, 1.82) is 0 Å². The summed E-state index contributed by atoms with van der Waals surface area (Å²) in [5.41, 5.74) is 2.26. The van der Waals surface area contributed by atoms with Crippen LogP contribution in [0.3, 0.4) is 0 Å². The van der Waals surface area contributed by atoms with Crippen molar-refractivity contribution in [2.75, 3.05) is 17.6 Å². The number of sulfonamides is 2. The fourth-order valence-electron chi connectivity index (χ4n) is 3.69. The van der Waals surface area contributed by atoms with Crippen LogP contribution in [0.2, 0.25) is 5.02 Å². The molecule has 35 heavy (non-hydrogen) atoms. The van der Waals surface area contributed by atoms with Gasteiger partial charge in [-0.2, -0.15) is 17.9 Å². The van der Waals surface area contributed by atoms with Crippen LogP contribution in [-0.2, 0) is 20.0 Å². The predicted octanol–water partition coefficient (Wildman–Crippen LogP) is 4.65. The molecule has 1 heterocycles. The van der Waals surface area contributed by atoms with Crippen molar-refractivity contribution < 1.29 is 21.6 Å². The number of rotatable bonds is 8. The van der Waals surface area contributed by atoms with Gasteiger partial charge in [-0.15, -0.1) is 0 Å². The summed E-state index contributed by atoms with van der Waals surface area (Å²) in [5.74, 6) is 0.584. The Morgan fingerprint density at radius 2 is 1.71 bits per heavy atom. The van der Waals surface area contributed by atoms with Gasteiger partial charge in [-0.1, -0.05) is 35.9 Å². The molecule has 0 aliphatic carbocycles. The minimum atomic E-state index is -4.01. The lowest BCUT2D eigenvalue weighted by atomic mass is 9.99. The molecule has 0 unspecified atom stereocenters. The van der Waals surface area contributed by atoms with E-state index >= 15 is 0 Å². The van der Waals surface area contributed by atoms with E-state index in [2.05, 4.69) is 9.82 Å². The zero-order chi connectivity index (χ0) is 25.2. The van der Waals surface area contributed by atoms with Gasteiger partial charge in [0.1, 0.15) is 5.75 Å². The Kier molecular flexibility index (Phi) is 7.07. The molecule has 0 bridgehead atoms. The van der Waals surface area contributed by atoms with Crippen LogP contribution in [0.15, 0.2) is 82.8 Å². The minimum Gasteiger partial charge on any atom is -0.497 e. The third kappa shape index (κ3) is 5.44. The summed E-state index contributed by atoms with van der Waals surface area (Å²) in [6.45, 7) is 1.55. The molecule has 184 valence electrons. The van der Waals surface area contributed by atoms with E-state index in [0.29, 0.717) is 34.2 Å². The number of hydrogen-bond donors (Lipinski definition) is 1. The molecule has 11 heteroatoms. The first-order chi connectivity index (χ1) is 16.6. The van der Waals surface area contributed by atoms with Crippen LogP contribution in [0, 0.1) is 0 Å². The highest BCUT2D eigenvalue weighted by Gasteiger charge is 2.37. The Hall–Kier alpha value is -3.08. The van der Waals surface area contributed by atoms with Gasteiger partial charge in [-0.05, 0) is 66.6 Å². The lowest BCUT2D eigenvalue weighted by molar-refractivity contribution is 0.370. The van der Waals surface area contributed by atoms with E-state index in [-0.39, 0.29) is 10.6 Å². The number of nitrogens with zero attached hydrogens (tertiary/aromatic N) is 2. The average molecular weight is 534 g/mol. The molecule has 8 nitrogen and oxygen atoms in total. The smallest absolute Gasteiger partial charge is 0.279 e. The molecule has 3 aromatic rings. The maximum atomic E-state index is 13.6. The van der Waals surface area contributed by atoms with Crippen LogP contribution in [-0.4, -0.2) is 39.8 Å². The van der Waals surface area contributed by atoms with Crippen LogP contribution in [0.1, 0.15) is 30.5 Å². The van der Waals surface area contributed by atoms with Crippen LogP contribution in [0.25, 0.3) is 0 Å². The molecule has 1 aliphatic rings. The molecular formula is C24H24ClN3O5S2. The summed E-state index contributed by atoms with van der Waals surface area (Å²) < 4.78 is 60.0. The molecule has 0 saturated heterocycles. The van der Waals surface area contributed by atoms with Gasteiger partial charge in [0.2, 0.25) is 10.0 Å². The number of benzene rings is 3. The Morgan fingerprint density at radius 1 is 1.03 bits per heavy atom. The fraction of sp³-hybridized carbons (Fsp3) is 0.208. The van der Waals surface area contributed by atoms with E-state index < -0.39 is 26.1 Å². The summed E-state index contributed by atoms with van der Waals surface area (Å²) in [4.78, 5) is 0.0647. The number of methoxy groups -OCH3 is 1. The van der Waals surface area contributed by atoms with Gasteiger partial charge in [0, 0.05) is 17.1 Å². The molecule has 0 spiro atoms. The van der Waals surface area contributed by atoms with Crippen molar-refractivity contribution in [3.63, 3.8) is 0 Å².